The summed E-state index contributed by atoms with van der Waals surface area (Å²) in [5.74, 6) is 0.581. The molecule has 156 valence electrons. The van der Waals surface area contributed by atoms with Gasteiger partial charge in [0.2, 0.25) is 5.91 Å². The van der Waals surface area contributed by atoms with Gasteiger partial charge in [-0.1, -0.05) is 26.0 Å². The summed E-state index contributed by atoms with van der Waals surface area (Å²) in [5, 5.41) is 3.06. The first-order valence-corrected chi connectivity index (χ1v) is 10.6. The molecule has 2 unspecified atom stereocenters. The van der Waals surface area contributed by atoms with Crippen molar-refractivity contribution in [1.82, 2.24) is 19.8 Å². The number of para-hydroxylation sites is 2. The molecule has 2 aromatic rings. The second-order valence-electron chi connectivity index (χ2n) is 8.77. The van der Waals surface area contributed by atoms with E-state index < -0.39 is 5.54 Å². The van der Waals surface area contributed by atoms with E-state index in [1.54, 1.807) is 4.90 Å². The van der Waals surface area contributed by atoms with Crippen molar-refractivity contribution in [2.24, 2.45) is 5.92 Å². The van der Waals surface area contributed by atoms with E-state index in [1.165, 1.54) is 0 Å². The van der Waals surface area contributed by atoms with Crippen molar-refractivity contribution in [3.8, 4) is 0 Å². The lowest BCUT2D eigenvalue weighted by molar-refractivity contribution is -0.133. The van der Waals surface area contributed by atoms with Crippen LogP contribution in [0.25, 0.3) is 11.0 Å². The highest BCUT2D eigenvalue weighted by atomic mass is 16.5. The van der Waals surface area contributed by atoms with Crippen molar-refractivity contribution in [2.75, 3.05) is 19.7 Å². The van der Waals surface area contributed by atoms with E-state index in [0.717, 1.165) is 30.3 Å². The molecular weight excluding hydrogens is 368 g/mol. The van der Waals surface area contributed by atoms with Crippen molar-refractivity contribution >= 4 is 22.8 Å². The molecule has 29 heavy (non-hydrogen) atoms. The number of ether oxygens (including phenoxy) is 1. The molecule has 7 nitrogen and oxygen atoms in total. The fourth-order valence-electron chi connectivity index (χ4n) is 4.27. The number of aromatic nitrogens is 2. The Morgan fingerprint density at radius 1 is 1.38 bits per heavy atom. The summed E-state index contributed by atoms with van der Waals surface area (Å²) < 4.78 is 7.68. The van der Waals surface area contributed by atoms with Gasteiger partial charge in [-0.2, -0.15) is 0 Å². The second kappa shape index (κ2) is 7.78. The molecule has 2 atom stereocenters. The maximum Gasteiger partial charge on any atom is 0.290 e. The van der Waals surface area contributed by atoms with Crippen molar-refractivity contribution in [3.05, 3.63) is 30.1 Å². The van der Waals surface area contributed by atoms with Crippen LogP contribution in [0.5, 0.6) is 0 Å². The summed E-state index contributed by atoms with van der Waals surface area (Å²) in [6.07, 6.45) is 2.77. The molecular formula is C22H30N4O3. The summed E-state index contributed by atoms with van der Waals surface area (Å²) in [7, 11) is 0. The van der Waals surface area contributed by atoms with Crippen molar-refractivity contribution in [3.63, 3.8) is 0 Å². The van der Waals surface area contributed by atoms with Crippen LogP contribution >= 0.6 is 0 Å². The van der Waals surface area contributed by atoms with Crippen LogP contribution in [0.2, 0.25) is 0 Å². The predicted molar refractivity (Wildman–Crippen MR) is 111 cm³/mol. The van der Waals surface area contributed by atoms with Crippen LogP contribution in [0.4, 0.5) is 0 Å². The number of nitrogens with one attached hydrogen (secondary N) is 1. The summed E-state index contributed by atoms with van der Waals surface area (Å²) in [4.78, 5) is 33.1. The van der Waals surface area contributed by atoms with Gasteiger partial charge >= 0.3 is 0 Å². The first kappa shape index (κ1) is 19.9. The molecule has 0 bridgehead atoms. The van der Waals surface area contributed by atoms with Crippen LogP contribution in [0, 0.1) is 5.92 Å². The SMILES string of the molecule is CC(C)CCNC(=O)C1(C)Cn2c(nc3ccccc32)C(=O)N1CC1CCCO1. The van der Waals surface area contributed by atoms with Crippen molar-refractivity contribution in [2.45, 2.75) is 58.2 Å². The number of carbonyl (C=O) groups excluding carboxylic acids is 2. The summed E-state index contributed by atoms with van der Waals surface area (Å²) in [5.41, 5.74) is 0.669. The molecule has 7 heteroatoms. The third kappa shape index (κ3) is 3.64. The van der Waals surface area contributed by atoms with Crippen molar-refractivity contribution in [1.29, 1.82) is 0 Å². The molecule has 0 aliphatic carbocycles. The minimum absolute atomic E-state index is 0.0299. The quantitative estimate of drug-likeness (QED) is 0.811. The van der Waals surface area contributed by atoms with E-state index in [4.69, 9.17) is 4.74 Å². The van der Waals surface area contributed by atoms with Gasteiger partial charge in [-0.3, -0.25) is 9.59 Å². The average Bonchev–Trinajstić information content (AvgIpc) is 3.33. The lowest BCUT2D eigenvalue weighted by atomic mass is 9.94. The van der Waals surface area contributed by atoms with Gasteiger partial charge in [0.1, 0.15) is 5.54 Å². The van der Waals surface area contributed by atoms with Gasteiger partial charge in [-0.05, 0) is 44.2 Å². The highest BCUT2D eigenvalue weighted by molar-refractivity contribution is 6.01. The lowest BCUT2D eigenvalue weighted by Crippen LogP contribution is -2.65. The first-order chi connectivity index (χ1) is 13.9. The zero-order valence-electron chi connectivity index (χ0n) is 17.5. The number of fused-ring (bicyclic) bond motifs is 3. The lowest BCUT2D eigenvalue weighted by Gasteiger charge is -2.44. The number of imidazole rings is 1. The molecule has 1 aromatic carbocycles. The predicted octanol–water partition coefficient (Wildman–Crippen LogP) is 2.59. The first-order valence-electron chi connectivity index (χ1n) is 10.6. The fraction of sp³-hybridized carbons (Fsp3) is 0.591. The summed E-state index contributed by atoms with van der Waals surface area (Å²) >= 11 is 0. The number of hydrogen-bond acceptors (Lipinski definition) is 4. The highest BCUT2D eigenvalue weighted by Crippen LogP contribution is 2.31. The minimum atomic E-state index is -0.990. The summed E-state index contributed by atoms with van der Waals surface area (Å²) in [6.45, 7) is 8.23. The molecule has 2 aliphatic rings. The molecule has 1 aromatic heterocycles. The van der Waals surface area contributed by atoms with Crippen LogP contribution in [0.3, 0.4) is 0 Å². The van der Waals surface area contributed by atoms with E-state index in [2.05, 4.69) is 24.1 Å². The standard InChI is InChI=1S/C22H30N4O3/c1-15(2)10-11-23-21(28)22(3)14-25-18-9-5-4-8-17(18)24-19(25)20(27)26(22)13-16-7-6-12-29-16/h4-5,8-9,15-16H,6-7,10-14H2,1-3H3,(H,23,28). The van der Waals surface area contributed by atoms with Gasteiger partial charge in [0.15, 0.2) is 5.82 Å². The van der Waals surface area contributed by atoms with Crippen LogP contribution in [0.15, 0.2) is 24.3 Å². The van der Waals surface area contributed by atoms with Crippen molar-refractivity contribution < 1.29 is 14.3 Å². The smallest absolute Gasteiger partial charge is 0.290 e. The molecule has 1 fully saturated rings. The zero-order chi connectivity index (χ0) is 20.6. The number of benzene rings is 1. The molecule has 1 N–H and O–H groups in total. The Bertz CT molecular complexity index is 916. The van der Waals surface area contributed by atoms with E-state index in [-0.39, 0.29) is 17.9 Å². The van der Waals surface area contributed by atoms with Gasteiger partial charge < -0.3 is 19.5 Å². The van der Waals surface area contributed by atoms with E-state index in [0.29, 0.717) is 38.0 Å². The number of hydrogen-bond donors (Lipinski definition) is 1. The number of carbonyl (C=O) groups is 2. The maximum absolute atomic E-state index is 13.5. The topological polar surface area (TPSA) is 76.5 Å². The zero-order valence-corrected chi connectivity index (χ0v) is 17.5. The van der Waals surface area contributed by atoms with Gasteiger partial charge in [0.05, 0.1) is 23.7 Å². The third-order valence-electron chi connectivity index (χ3n) is 6.06. The van der Waals surface area contributed by atoms with E-state index >= 15 is 0 Å². The van der Waals surface area contributed by atoms with Gasteiger partial charge in [0.25, 0.3) is 5.91 Å². The van der Waals surface area contributed by atoms with Gasteiger partial charge in [-0.25, -0.2) is 4.98 Å². The highest BCUT2D eigenvalue weighted by Gasteiger charge is 2.49. The monoisotopic (exact) mass is 398 g/mol. The second-order valence-corrected chi connectivity index (χ2v) is 8.77. The molecule has 0 spiro atoms. The number of nitrogens with zero attached hydrogens (tertiary/aromatic N) is 3. The largest absolute Gasteiger partial charge is 0.376 e. The Morgan fingerprint density at radius 2 is 2.17 bits per heavy atom. The molecule has 0 saturated carbocycles. The Labute approximate surface area is 171 Å². The fourth-order valence-corrected chi connectivity index (χ4v) is 4.27. The molecule has 4 rings (SSSR count). The van der Waals surface area contributed by atoms with Gasteiger partial charge in [-0.15, -0.1) is 0 Å². The molecule has 1 saturated heterocycles. The molecule has 3 heterocycles. The molecule has 2 aliphatic heterocycles. The Balaban J connectivity index is 1.69. The van der Waals surface area contributed by atoms with E-state index in [9.17, 15) is 9.59 Å². The Hall–Kier alpha value is -2.41. The number of rotatable bonds is 6. The third-order valence-corrected chi connectivity index (χ3v) is 6.06. The summed E-state index contributed by atoms with van der Waals surface area (Å²) in [6, 6.07) is 7.69. The molecule has 0 radical (unpaired) electrons. The van der Waals surface area contributed by atoms with Crippen LogP contribution in [0.1, 0.15) is 50.7 Å². The van der Waals surface area contributed by atoms with Crippen LogP contribution < -0.4 is 5.32 Å². The maximum atomic E-state index is 13.5. The van der Waals surface area contributed by atoms with E-state index in [1.807, 2.05) is 35.8 Å². The Morgan fingerprint density at radius 3 is 2.90 bits per heavy atom. The van der Waals surface area contributed by atoms with Crippen LogP contribution in [-0.4, -0.2) is 57.6 Å². The minimum Gasteiger partial charge on any atom is -0.376 e. The Kier molecular flexibility index (Phi) is 5.34. The van der Waals surface area contributed by atoms with Crippen LogP contribution in [-0.2, 0) is 16.1 Å². The number of amides is 2. The van der Waals surface area contributed by atoms with Gasteiger partial charge in [0, 0.05) is 19.7 Å². The average molecular weight is 399 g/mol. The molecule has 2 amide bonds. The normalized spacial score (nSPS) is 24.3.